The van der Waals surface area contributed by atoms with Gasteiger partial charge in [-0.1, -0.05) is 61.7 Å². The van der Waals surface area contributed by atoms with Gasteiger partial charge in [-0.25, -0.2) is 0 Å². The summed E-state index contributed by atoms with van der Waals surface area (Å²) >= 11 is 0. The second kappa shape index (κ2) is 7.16. The monoisotopic (exact) mass is 284 g/mol. The molecule has 4 rings (SSSR count). The standard InChI is InChI=1S/C18H11BO2.2Li/c20-19(21)18-7-3-6-15-16(18)9-8-14-10-12-4-1-2-5-13(12)11-17(14)15;;/h1-11H;;/q-2;2*+1. The van der Waals surface area contributed by atoms with E-state index < -0.39 is 7.12 Å². The van der Waals surface area contributed by atoms with Gasteiger partial charge in [-0.05, 0) is 44.5 Å². The van der Waals surface area contributed by atoms with E-state index in [1.54, 1.807) is 12.1 Å². The maximum atomic E-state index is 11.3. The van der Waals surface area contributed by atoms with Gasteiger partial charge in [0.15, 0.2) is 0 Å². The predicted molar refractivity (Wildman–Crippen MR) is 84.3 cm³/mol. The molecule has 0 radical (unpaired) electrons. The molecule has 0 bridgehead atoms. The summed E-state index contributed by atoms with van der Waals surface area (Å²) in [4.78, 5) is 0. The number of fused-ring (bicyclic) bond motifs is 4. The minimum atomic E-state index is -1.95. The minimum Gasteiger partial charge on any atom is -0.889 e. The van der Waals surface area contributed by atoms with E-state index in [-0.39, 0.29) is 37.7 Å². The molecule has 0 N–H and O–H groups in total. The van der Waals surface area contributed by atoms with Crippen molar-refractivity contribution in [3.8, 4) is 0 Å². The molecular formula is C18H11BLi2O2. The Balaban J connectivity index is 0.000000960. The van der Waals surface area contributed by atoms with E-state index in [2.05, 4.69) is 24.3 Å². The first-order valence-electron chi connectivity index (χ1n) is 6.90. The second-order valence-electron chi connectivity index (χ2n) is 5.26. The van der Waals surface area contributed by atoms with Gasteiger partial charge < -0.3 is 10.0 Å². The Kier molecular flexibility index (Phi) is 5.66. The van der Waals surface area contributed by atoms with Crippen molar-refractivity contribution in [3.05, 3.63) is 66.7 Å². The van der Waals surface area contributed by atoms with Crippen LogP contribution in [0.2, 0.25) is 0 Å². The third-order valence-corrected chi connectivity index (χ3v) is 4.03. The Morgan fingerprint density at radius 1 is 0.565 bits per heavy atom. The Hall–Kier alpha value is -1.16. The first-order valence-corrected chi connectivity index (χ1v) is 6.90. The van der Waals surface area contributed by atoms with Gasteiger partial charge >= 0.3 is 37.7 Å². The third kappa shape index (κ3) is 3.10. The van der Waals surface area contributed by atoms with E-state index in [9.17, 15) is 10.0 Å². The summed E-state index contributed by atoms with van der Waals surface area (Å²) in [5.74, 6) is 0. The van der Waals surface area contributed by atoms with Crippen LogP contribution in [-0.4, -0.2) is 7.12 Å². The van der Waals surface area contributed by atoms with Gasteiger partial charge in [-0.15, -0.1) is 5.46 Å². The molecule has 0 saturated carbocycles. The van der Waals surface area contributed by atoms with E-state index in [1.165, 1.54) is 5.39 Å². The van der Waals surface area contributed by atoms with Crippen molar-refractivity contribution >= 4 is 44.9 Å². The molecule has 0 amide bonds. The first kappa shape index (κ1) is 18.2. The fourth-order valence-electron chi connectivity index (χ4n) is 3.01. The summed E-state index contributed by atoms with van der Waals surface area (Å²) in [7, 11) is -1.95. The smallest absolute Gasteiger partial charge is 0.889 e. The Bertz CT molecular complexity index is 986. The number of benzene rings is 4. The van der Waals surface area contributed by atoms with Crippen LogP contribution in [0.25, 0.3) is 32.3 Å². The molecule has 5 heteroatoms. The van der Waals surface area contributed by atoms with Crippen molar-refractivity contribution in [2.75, 3.05) is 0 Å². The van der Waals surface area contributed by atoms with Gasteiger partial charge in [0.25, 0.3) is 0 Å². The molecule has 0 aliphatic carbocycles. The van der Waals surface area contributed by atoms with Crippen molar-refractivity contribution in [1.29, 1.82) is 0 Å². The molecule has 23 heavy (non-hydrogen) atoms. The van der Waals surface area contributed by atoms with Crippen molar-refractivity contribution in [2.45, 2.75) is 0 Å². The van der Waals surface area contributed by atoms with Crippen LogP contribution >= 0.6 is 0 Å². The SMILES string of the molecule is [Li+].[Li+].[O-]B([O-])c1cccc2c1ccc1cc3ccccc3cc12. The van der Waals surface area contributed by atoms with Crippen LogP contribution in [0.1, 0.15) is 0 Å². The molecule has 0 aliphatic heterocycles. The summed E-state index contributed by atoms with van der Waals surface area (Å²) in [6, 6.07) is 21.7. The van der Waals surface area contributed by atoms with Crippen LogP contribution in [0, 0.1) is 0 Å². The zero-order valence-corrected chi connectivity index (χ0v) is 13.2. The van der Waals surface area contributed by atoms with Crippen LogP contribution in [0.3, 0.4) is 0 Å². The molecule has 4 aromatic carbocycles. The van der Waals surface area contributed by atoms with Crippen LogP contribution in [-0.2, 0) is 0 Å². The molecule has 0 aromatic heterocycles. The molecule has 2 nitrogen and oxygen atoms in total. The Morgan fingerprint density at radius 2 is 1.26 bits per heavy atom. The summed E-state index contributed by atoms with van der Waals surface area (Å²) in [5.41, 5.74) is 0.322. The number of rotatable bonds is 1. The summed E-state index contributed by atoms with van der Waals surface area (Å²) in [6.07, 6.45) is 0. The van der Waals surface area contributed by atoms with Crippen LogP contribution in [0.4, 0.5) is 0 Å². The first-order chi connectivity index (χ1) is 10.2. The maximum absolute atomic E-state index is 11.3. The van der Waals surface area contributed by atoms with Crippen molar-refractivity contribution in [2.24, 2.45) is 0 Å². The van der Waals surface area contributed by atoms with Crippen molar-refractivity contribution < 1.29 is 47.8 Å². The summed E-state index contributed by atoms with van der Waals surface area (Å²) < 4.78 is 0. The van der Waals surface area contributed by atoms with Gasteiger partial charge in [-0.2, -0.15) is 0 Å². The number of hydrogen-bond acceptors (Lipinski definition) is 2. The summed E-state index contributed by atoms with van der Waals surface area (Å²) in [5, 5.41) is 28.9. The molecule has 4 aromatic rings. The Morgan fingerprint density at radius 3 is 1.96 bits per heavy atom. The van der Waals surface area contributed by atoms with Crippen LogP contribution in [0.15, 0.2) is 66.7 Å². The normalized spacial score (nSPS) is 10.3. The Labute approximate surface area is 159 Å². The van der Waals surface area contributed by atoms with Crippen molar-refractivity contribution in [1.82, 2.24) is 0 Å². The fraction of sp³-hybridized carbons (Fsp3) is 0. The topological polar surface area (TPSA) is 46.1 Å². The van der Waals surface area contributed by atoms with Crippen LogP contribution < -0.4 is 53.2 Å². The molecular weight excluding hydrogens is 273 g/mol. The van der Waals surface area contributed by atoms with Crippen LogP contribution in [0.5, 0.6) is 0 Å². The zero-order chi connectivity index (χ0) is 14.4. The average Bonchev–Trinajstić information content (AvgIpc) is 2.52. The third-order valence-electron chi connectivity index (χ3n) is 4.03. The molecule has 0 unspecified atom stereocenters. The molecule has 0 spiro atoms. The molecule has 0 atom stereocenters. The van der Waals surface area contributed by atoms with E-state index in [0.717, 1.165) is 26.9 Å². The maximum Gasteiger partial charge on any atom is 1.00 e. The molecule has 0 fully saturated rings. The quantitative estimate of drug-likeness (QED) is 0.201. The van der Waals surface area contributed by atoms with Gasteiger partial charge in [0.05, 0.1) is 0 Å². The summed E-state index contributed by atoms with van der Waals surface area (Å²) in [6.45, 7) is 0. The minimum absolute atomic E-state index is 0. The second-order valence-corrected chi connectivity index (χ2v) is 5.26. The van der Waals surface area contributed by atoms with E-state index in [4.69, 9.17) is 0 Å². The van der Waals surface area contributed by atoms with Gasteiger partial charge in [0.2, 0.25) is 0 Å². The van der Waals surface area contributed by atoms with E-state index in [0.29, 0.717) is 5.46 Å². The molecule has 0 heterocycles. The van der Waals surface area contributed by atoms with Gasteiger partial charge in [-0.3, -0.25) is 0 Å². The van der Waals surface area contributed by atoms with E-state index >= 15 is 0 Å². The van der Waals surface area contributed by atoms with Crippen molar-refractivity contribution in [3.63, 3.8) is 0 Å². The predicted octanol–water partition coefficient (Wildman–Crippen LogP) is -4.43. The molecule has 0 aliphatic rings. The largest absolute Gasteiger partial charge is 1.00 e. The number of hydrogen-bond donors (Lipinski definition) is 0. The fourth-order valence-corrected chi connectivity index (χ4v) is 3.01. The van der Waals surface area contributed by atoms with Gasteiger partial charge in [0, 0.05) is 0 Å². The molecule has 0 saturated heterocycles. The van der Waals surface area contributed by atoms with E-state index in [1.807, 2.05) is 30.3 Å². The molecule has 100 valence electrons. The van der Waals surface area contributed by atoms with Gasteiger partial charge in [0.1, 0.15) is 0 Å². The zero-order valence-electron chi connectivity index (χ0n) is 13.2. The average molecular weight is 284 g/mol.